The van der Waals surface area contributed by atoms with Crippen LogP contribution in [-0.2, 0) is 124 Å². The SMILES string of the molecule is CC(=O)OC[C@H]1O[C@@H](O[C@H]2[C@H](OC(C)=O)[C@@H](OC(C)=O)[C@H](O[C@H]3[C@H](OC(C)=O)[C@@H](OC(C)=O)[C@@H](OC(=N)C(Cl)(Cl)Cl)O[C@@H]3COC(C)=O)O[C@@H]2COC(C)=O)[C@H](OC(C)=O)[C@@H](OC(C)=O)[C@@H]1OC(C)=O. The summed E-state index contributed by atoms with van der Waals surface area (Å²) in [6, 6.07) is 0. The van der Waals surface area contributed by atoms with Gasteiger partial charge in [-0.3, -0.25) is 53.4 Å². The van der Waals surface area contributed by atoms with Crippen LogP contribution in [0.1, 0.15) is 69.2 Å². The van der Waals surface area contributed by atoms with Crippen LogP contribution < -0.4 is 0 Å². The van der Waals surface area contributed by atoms with Crippen LogP contribution in [0.2, 0.25) is 0 Å². The number of rotatable bonds is 18. The van der Waals surface area contributed by atoms with E-state index in [4.69, 9.17) is 116 Å². The summed E-state index contributed by atoms with van der Waals surface area (Å²) in [5, 5.41) is 8.18. The standard InChI is InChI=1S/C40H52Cl3NO26/c1-14(45)55-11-24-27(58-17(4)48)30(59-18(5)49)33(62-21(8)52)36(65-24)68-28-25(12-56-15(2)46)66-37(34(63-22(9)53)31(28)60-19(6)50)69-29-26(13-57-16(3)47)67-38(70-39(44)40(41,42)43)35(64-23(10)54)32(29)61-20(7)51/h24-38,44H,11-13H2,1-10H3/t24-,25-,26-,27-,28-,29-,30+,31+,32+,33-,34-,35-,36+,37+,38-/m1/s1. The molecule has 3 aliphatic rings. The van der Waals surface area contributed by atoms with Crippen LogP contribution in [0.15, 0.2) is 0 Å². The number of carbonyl (C=O) groups excluding carboxylic acids is 10. The number of ether oxygens (including phenoxy) is 16. The molecule has 0 spiro atoms. The van der Waals surface area contributed by atoms with Crippen LogP contribution in [0.25, 0.3) is 0 Å². The Kier molecular flexibility index (Phi) is 22.3. The van der Waals surface area contributed by atoms with Gasteiger partial charge in [0.05, 0.1) is 0 Å². The number of nitrogens with one attached hydrogen (secondary N) is 1. The molecule has 3 heterocycles. The zero-order chi connectivity index (χ0) is 52.9. The summed E-state index contributed by atoms with van der Waals surface area (Å²) in [7, 11) is 0. The number of alkyl halides is 3. The molecule has 0 unspecified atom stereocenters. The van der Waals surface area contributed by atoms with Gasteiger partial charge in [0, 0.05) is 69.2 Å². The highest BCUT2D eigenvalue weighted by Gasteiger charge is 2.60. The third-order valence-corrected chi connectivity index (χ3v) is 9.83. The predicted molar refractivity (Wildman–Crippen MR) is 224 cm³/mol. The molecule has 30 heteroatoms. The Balaban J connectivity index is 2.32. The quantitative estimate of drug-likeness (QED) is 0.0642. The van der Waals surface area contributed by atoms with E-state index in [1.54, 1.807) is 0 Å². The highest BCUT2D eigenvalue weighted by molar-refractivity contribution is 6.76. The van der Waals surface area contributed by atoms with Gasteiger partial charge in [0.25, 0.3) is 3.79 Å². The maximum atomic E-state index is 13.0. The molecule has 394 valence electrons. The molecule has 0 saturated carbocycles. The summed E-state index contributed by atoms with van der Waals surface area (Å²) < 4.78 is 88.3. The van der Waals surface area contributed by atoms with E-state index in [9.17, 15) is 47.9 Å². The molecule has 3 rings (SSSR count). The van der Waals surface area contributed by atoms with Crippen molar-refractivity contribution in [1.29, 1.82) is 5.41 Å². The van der Waals surface area contributed by atoms with E-state index in [-0.39, 0.29) is 0 Å². The minimum Gasteiger partial charge on any atom is -0.463 e. The first-order chi connectivity index (χ1) is 32.5. The van der Waals surface area contributed by atoms with Crippen LogP contribution in [0.4, 0.5) is 0 Å². The first-order valence-corrected chi connectivity index (χ1v) is 21.8. The first-order valence-electron chi connectivity index (χ1n) is 20.7. The van der Waals surface area contributed by atoms with Crippen molar-refractivity contribution in [2.24, 2.45) is 0 Å². The predicted octanol–water partition coefficient (Wildman–Crippen LogP) is 0.507. The number of halogens is 3. The lowest BCUT2D eigenvalue weighted by Gasteiger charge is -2.50. The summed E-state index contributed by atoms with van der Waals surface area (Å²) in [5.74, 6) is -11.1. The third kappa shape index (κ3) is 17.9. The van der Waals surface area contributed by atoms with Gasteiger partial charge in [-0.1, -0.05) is 34.8 Å². The van der Waals surface area contributed by atoms with Gasteiger partial charge in [-0.05, 0) is 0 Å². The average molecular weight is 1070 g/mol. The normalized spacial score (nSPS) is 30.7. The van der Waals surface area contributed by atoms with E-state index in [1.807, 2.05) is 0 Å². The minimum atomic E-state index is -2.54. The molecule has 0 aliphatic carbocycles. The van der Waals surface area contributed by atoms with E-state index in [1.165, 1.54) is 0 Å². The van der Waals surface area contributed by atoms with Crippen molar-refractivity contribution < 1.29 is 124 Å². The largest absolute Gasteiger partial charge is 0.463 e. The molecule has 70 heavy (non-hydrogen) atoms. The van der Waals surface area contributed by atoms with Gasteiger partial charge in [-0.15, -0.1) is 0 Å². The van der Waals surface area contributed by atoms with Gasteiger partial charge in [0.2, 0.25) is 18.3 Å². The molecule has 0 amide bonds. The monoisotopic (exact) mass is 1070 g/mol. The van der Waals surface area contributed by atoms with Gasteiger partial charge < -0.3 is 75.8 Å². The van der Waals surface area contributed by atoms with Crippen LogP contribution in [0.3, 0.4) is 0 Å². The Bertz CT molecular complexity index is 1960. The van der Waals surface area contributed by atoms with Gasteiger partial charge >= 0.3 is 59.7 Å². The van der Waals surface area contributed by atoms with Crippen molar-refractivity contribution in [3.8, 4) is 0 Å². The van der Waals surface area contributed by atoms with E-state index < -0.39 is 181 Å². The highest BCUT2D eigenvalue weighted by Crippen LogP contribution is 2.39. The van der Waals surface area contributed by atoms with Crippen molar-refractivity contribution in [2.45, 2.75) is 165 Å². The Morgan fingerprint density at radius 1 is 0.357 bits per heavy atom. The number of hydrogen-bond acceptors (Lipinski definition) is 27. The molecule has 0 aromatic rings. The second kappa shape index (κ2) is 26.3. The third-order valence-electron chi connectivity index (χ3n) is 9.31. The maximum absolute atomic E-state index is 13.0. The minimum absolute atomic E-state index is 0.706. The van der Waals surface area contributed by atoms with Crippen molar-refractivity contribution in [3.05, 3.63) is 0 Å². The molecular weight excluding hydrogens is 1020 g/mol. The van der Waals surface area contributed by atoms with E-state index in [0.717, 1.165) is 69.2 Å². The molecule has 27 nitrogen and oxygen atoms in total. The Morgan fingerprint density at radius 2 is 0.600 bits per heavy atom. The number of hydrogen-bond donors (Lipinski definition) is 1. The van der Waals surface area contributed by atoms with Gasteiger partial charge in [-0.2, -0.15) is 0 Å². The lowest BCUT2D eigenvalue weighted by molar-refractivity contribution is -0.378. The smallest absolute Gasteiger partial charge is 0.303 e. The molecule has 3 saturated heterocycles. The Morgan fingerprint density at radius 3 is 0.886 bits per heavy atom. The number of esters is 10. The molecule has 3 aliphatic heterocycles. The van der Waals surface area contributed by atoms with Crippen molar-refractivity contribution in [2.75, 3.05) is 19.8 Å². The molecule has 0 radical (unpaired) electrons. The molecule has 0 aromatic carbocycles. The zero-order valence-electron chi connectivity index (χ0n) is 39.0. The maximum Gasteiger partial charge on any atom is 0.303 e. The topological polar surface area (TPSA) is 342 Å². The fourth-order valence-electron chi connectivity index (χ4n) is 7.03. The second-order valence-corrected chi connectivity index (χ2v) is 17.5. The van der Waals surface area contributed by atoms with E-state index in [0.29, 0.717) is 0 Å². The lowest BCUT2D eigenvalue weighted by atomic mass is 9.95. The van der Waals surface area contributed by atoms with Crippen molar-refractivity contribution >= 4 is 100 Å². The van der Waals surface area contributed by atoms with Gasteiger partial charge in [-0.25, -0.2) is 0 Å². The molecule has 3 fully saturated rings. The van der Waals surface area contributed by atoms with Gasteiger partial charge in [0.1, 0.15) is 50.3 Å². The Labute approximate surface area is 413 Å². The molecule has 15 atom stereocenters. The summed E-state index contributed by atoms with van der Waals surface area (Å²) in [6.45, 7) is 7.28. The molecular formula is C40H52Cl3NO26. The number of carbonyl (C=O) groups is 10. The summed E-state index contributed by atoms with van der Waals surface area (Å²) in [5.41, 5.74) is 0. The average Bonchev–Trinajstić information content (AvgIpc) is 3.20. The molecule has 1 N–H and O–H groups in total. The van der Waals surface area contributed by atoms with Crippen LogP contribution in [0.5, 0.6) is 0 Å². The Hall–Kier alpha value is -5.16. The fourth-order valence-corrected chi connectivity index (χ4v) is 7.17. The summed E-state index contributed by atoms with van der Waals surface area (Å²) in [4.78, 5) is 125. The second-order valence-electron chi connectivity index (χ2n) is 15.2. The molecule has 0 bridgehead atoms. The van der Waals surface area contributed by atoms with Crippen LogP contribution in [-0.4, -0.2) is 181 Å². The highest BCUT2D eigenvalue weighted by atomic mass is 35.6. The lowest BCUT2D eigenvalue weighted by Crippen LogP contribution is -2.69. The van der Waals surface area contributed by atoms with Crippen molar-refractivity contribution in [1.82, 2.24) is 0 Å². The van der Waals surface area contributed by atoms with Crippen molar-refractivity contribution in [3.63, 3.8) is 0 Å². The zero-order valence-corrected chi connectivity index (χ0v) is 41.3. The summed E-state index contributed by atoms with van der Waals surface area (Å²) in [6.07, 6.45) is -28.2. The first kappa shape index (κ1) is 59.2. The van der Waals surface area contributed by atoms with E-state index in [2.05, 4.69) is 0 Å². The van der Waals surface area contributed by atoms with Crippen LogP contribution in [0, 0.1) is 5.41 Å². The fraction of sp³-hybridized carbons (Fsp3) is 0.725. The summed E-state index contributed by atoms with van der Waals surface area (Å²) >= 11 is 17.5. The van der Waals surface area contributed by atoms with E-state index >= 15 is 0 Å². The molecule has 0 aromatic heterocycles. The van der Waals surface area contributed by atoms with Gasteiger partial charge in [0.15, 0.2) is 49.2 Å². The van der Waals surface area contributed by atoms with Crippen LogP contribution >= 0.6 is 34.8 Å².